The average molecular weight is 211 g/mol. The lowest BCUT2D eigenvalue weighted by Crippen LogP contribution is -2.09. The third kappa shape index (κ3) is 4.42. The maximum Gasteiger partial charge on any atom is 0.346 e. The van der Waals surface area contributed by atoms with Crippen LogP contribution in [0.4, 0.5) is 0 Å². The Morgan fingerprint density at radius 2 is 2.33 bits per heavy atom. The van der Waals surface area contributed by atoms with Crippen LogP contribution in [0.2, 0.25) is 0 Å². The van der Waals surface area contributed by atoms with Gasteiger partial charge < -0.3 is 10.4 Å². The van der Waals surface area contributed by atoms with Crippen molar-refractivity contribution in [1.82, 2.24) is 5.32 Å². The molecule has 80 valence electrons. The van der Waals surface area contributed by atoms with Gasteiger partial charge in [-0.2, -0.15) is 5.26 Å². The van der Waals surface area contributed by atoms with E-state index in [1.165, 1.54) is 6.07 Å². The third-order valence-electron chi connectivity index (χ3n) is 1.31. The van der Waals surface area contributed by atoms with Gasteiger partial charge in [-0.05, 0) is 6.92 Å². The quantitative estimate of drug-likeness (QED) is 0.221. The second kappa shape index (κ2) is 6.15. The van der Waals surface area contributed by atoms with E-state index in [-0.39, 0.29) is 0 Å². The summed E-state index contributed by atoms with van der Waals surface area (Å²) in [5, 5.41) is 29.8. The number of nitriles is 1. The number of hydrogen-bond donors (Lipinski definition) is 2. The van der Waals surface area contributed by atoms with Gasteiger partial charge in [-0.15, -0.1) is 0 Å². The summed E-state index contributed by atoms with van der Waals surface area (Å²) in [7, 11) is 0. The van der Waals surface area contributed by atoms with Crippen molar-refractivity contribution in [2.24, 2.45) is 0 Å². The number of carboxylic acids is 1. The molecule has 7 heteroatoms. The van der Waals surface area contributed by atoms with Crippen LogP contribution in [-0.2, 0) is 4.79 Å². The molecule has 0 saturated heterocycles. The molecule has 0 saturated carbocycles. The lowest BCUT2D eigenvalue weighted by Gasteiger charge is -1.94. The Kier molecular flexibility index (Phi) is 5.18. The highest BCUT2D eigenvalue weighted by atomic mass is 16.6. The van der Waals surface area contributed by atoms with E-state index in [1.54, 1.807) is 6.92 Å². The van der Waals surface area contributed by atoms with E-state index in [9.17, 15) is 14.9 Å². The number of carboxylic acid groups (broad SMARTS) is 1. The van der Waals surface area contributed by atoms with Gasteiger partial charge in [-0.25, -0.2) is 4.79 Å². The zero-order chi connectivity index (χ0) is 11.8. The number of nitrogens with zero attached hydrogens (tertiary/aromatic N) is 2. The van der Waals surface area contributed by atoms with Crippen LogP contribution in [-0.4, -0.2) is 22.5 Å². The number of nitro groups is 1. The lowest BCUT2D eigenvalue weighted by molar-refractivity contribution is -0.419. The van der Waals surface area contributed by atoms with Gasteiger partial charge in [-0.1, -0.05) is 0 Å². The van der Waals surface area contributed by atoms with Gasteiger partial charge in [0.2, 0.25) is 0 Å². The fourth-order valence-electron chi connectivity index (χ4n) is 0.643. The summed E-state index contributed by atoms with van der Waals surface area (Å²) in [5.74, 6) is -1.50. The van der Waals surface area contributed by atoms with E-state index in [0.29, 0.717) is 12.6 Å². The van der Waals surface area contributed by atoms with E-state index in [2.05, 4.69) is 5.32 Å². The minimum Gasteiger partial charge on any atom is -0.477 e. The Bertz CT molecular complexity index is 365. The maximum absolute atomic E-state index is 10.4. The molecule has 0 radical (unpaired) electrons. The molecule has 0 spiro atoms. The smallest absolute Gasteiger partial charge is 0.346 e. The van der Waals surface area contributed by atoms with E-state index >= 15 is 0 Å². The molecule has 0 amide bonds. The summed E-state index contributed by atoms with van der Waals surface area (Å²) in [6.07, 6.45) is 1.74. The van der Waals surface area contributed by atoms with Crippen LogP contribution in [0.5, 0.6) is 0 Å². The Morgan fingerprint density at radius 1 is 1.73 bits per heavy atom. The Balaban J connectivity index is 5.05. The van der Waals surface area contributed by atoms with Crippen LogP contribution in [0, 0.1) is 21.4 Å². The Labute approximate surface area is 85.5 Å². The van der Waals surface area contributed by atoms with Crippen LogP contribution >= 0.6 is 0 Å². The van der Waals surface area contributed by atoms with Crippen molar-refractivity contribution >= 4 is 5.97 Å². The van der Waals surface area contributed by atoms with Crippen molar-refractivity contribution in [2.75, 3.05) is 6.54 Å². The van der Waals surface area contributed by atoms with Gasteiger partial charge in [0.05, 0.1) is 11.1 Å². The Hall–Kier alpha value is -2.36. The topological polar surface area (TPSA) is 116 Å². The van der Waals surface area contributed by atoms with Gasteiger partial charge in [0.15, 0.2) is 0 Å². The molecule has 0 aliphatic heterocycles. The molecule has 0 aliphatic rings. The summed E-state index contributed by atoms with van der Waals surface area (Å²) in [6, 6.07) is 1.35. The fraction of sp³-hybridized carbons (Fsp3) is 0.250. The van der Waals surface area contributed by atoms with E-state index in [4.69, 9.17) is 10.4 Å². The molecule has 0 aromatic rings. The molecular formula is C8H9N3O4. The molecular weight excluding hydrogens is 202 g/mol. The van der Waals surface area contributed by atoms with Crippen molar-refractivity contribution in [3.63, 3.8) is 0 Å². The molecule has 0 atom stereocenters. The number of hydrogen-bond acceptors (Lipinski definition) is 5. The molecule has 0 fully saturated rings. The summed E-state index contributed by atoms with van der Waals surface area (Å²) < 4.78 is 0. The molecule has 15 heavy (non-hydrogen) atoms. The highest BCUT2D eigenvalue weighted by molar-refractivity contribution is 5.91. The van der Waals surface area contributed by atoms with Gasteiger partial charge in [0, 0.05) is 12.6 Å². The van der Waals surface area contributed by atoms with Crippen molar-refractivity contribution < 1.29 is 14.8 Å². The van der Waals surface area contributed by atoms with Gasteiger partial charge in [-0.3, -0.25) is 10.1 Å². The van der Waals surface area contributed by atoms with E-state index in [0.717, 1.165) is 6.20 Å². The monoisotopic (exact) mass is 211 g/mol. The summed E-state index contributed by atoms with van der Waals surface area (Å²) >= 11 is 0. The van der Waals surface area contributed by atoms with Crippen LogP contribution in [0.25, 0.3) is 0 Å². The van der Waals surface area contributed by atoms with Crippen molar-refractivity contribution in [3.8, 4) is 6.07 Å². The Morgan fingerprint density at radius 3 is 2.67 bits per heavy atom. The molecule has 0 unspecified atom stereocenters. The van der Waals surface area contributed by atoms with Crippen molar-refractivity contribution in [1.29, 1.82) is 5.26 Å². The molecule has 0 aromatic heterocycles. The molecule has 0 bridgehead atoms. The molecule has 7 nitrogen and oxygen atoms in total. The van der Waals surface area contributed by atoms with E-state index < -0.39 is 22.2 Å². The minimum atomic E-state index is -1.50. The van der Waals surface area contributed by atoms with Crippen LogP contribution in [0.1, 0.15) is 6.92 Å². The molecule has 0 rings (SSSR count). The summed E-state index contributed by atoms with van der Waals surface area (Å²) in [5.41, 5.74) is -1.16. The first-order chi connectivity index (χ1) is 7.02. The largest absolute Gasteiger partial charge is 0.477 e. The predicted molar refractivity (Wildman–Crippen MR) is 50.1 cm³/mol. The number of allylic oxidation sites excluding steroid dienone is 1. The third-order valence-corrected chi connectivity index (χ3v) is 1.31. The summed E-state index contributed by atoms with van der Waals surface area (Å²) in [6.45, 7) is 2.18. The highest BCUT2D eigenvalue weighted by Crippen LogP contribution is 2.02. The second-order valence-electron chi connectivity index (χ2n) is 2.36. The number of rotatable bonds is 5. The maximum atomic E-state index is 10.4. The molecule has 0 heterocycles. The summed E-state index contributed by atoms with van der Waals surface area (Å²) in [4.78, 5) is 20.1. The first-order valence-electron chi connectivity index (χ1n) is 3.96. The van der Waals surface area contributed by atoms with Crippen molar-refractivity contribution in [3.05, 3.63) is 33.7 Å². The predicted octanol–water partition coefficient (Wildman–Crippen LogP) is 0.249. The fourth-order valence-corrected chi connectivity index (χ4v) is 0.643. The average Bonchev–Trinajstić information content (AvgIpc) is 2.17. The first-order valence-corrected chi connectivity index (χ1v) is 3.96. The minimum absolute atomic E-state index is 0.458. The standard InChI is InChI=1S/C8H9N3O4/c1-2-10-5-7(11(14)15)3-6(4-9)8(12)13/h3,5,10H,2H2,1H3,(H,12,13)/b6-3+,7-5-. The lowest BCUT2D eigenvalue weighted by atomic mass is 10.2. The van der Waals surface area contributed by atoms with Crippen LogP contribution < -0.4 is 5.32 Å². The first kappa shape index (κ1) is 12.6. The molecule has 0 aromatic carbocycles. The second-order valence-corrected chi connectivity index (χ2v) is 2.36. The molecule has 2 N–H and O–H groups in total. The van der Waals surface area contributed by atoms with Crippen molar-refractivity contribution in [2.45, 2.75) is 6.92 Å². The van der Waals surface area contributed by atoms with Crippen LogP contribution in [0.3, 0.4) is 0 Å². The number of aliphatic carboxylic acids is 1. The highest BCUT2D eigenvalue weighted by Gasteiger charge is 2.13. The zero-order valence-electron chi connectivity index (χ0n) is 7.93. The number of carbonyl (C=O) groups is 1. The molecule has 0 aliphatic carbocycles. The van der Waals surface area contributed by atoms with Gasteiger partial charge >= 0.3 is 5.97 Å². The van der Waals surface area contributed by atoms with E-state index in [1.807, 2.05) is 0 Å². The zero-order valence-corrected chi connectivity index (χ0v) is 7.93. The number of nitrogens with one attached hydrogen (secondary N) is 1. The van der Waals surface area contributed by atoms with Gasteiger partial charge in [0.1, 0.15) is 11.6 Å². The van der Waals surface area contributed by atoms with Gasteiger partial charge in [0.25, 0.3) is 5.70 Å². The van der Waals surface area contributed by atoms with Crippen LogP contribution in [0.15, 0.2) is 23.5 Å². The normalized spacial score (nSPS) is 11.7. The SMILES string of the molecule is CCN/C=C(/C=C(\C#N)C(=O)O)[N+](=O)[O-].